The predicted octanol–water partition coefficient (Wildman–Crippen LogP) is 3.56. The average molecular weight is 408 g/mol. The molecule has 2 aromatic carbocycles. The second kappa shape index (κ2) is 9.99. The Kier molecular flexibility index (Phi) is 6.91. The Morgan fingerprint density at radius 1 is 1.13 bits per heavy atom. The van der Waals surface area contributed by atoms with Gasteiger partial charge in [0.2, 0.25) is 11.9 Å². The molecule has 8 nitrogen and oxygen atoms in total. The molecule has 0 aliphatic rings. The summed E-state index contributed by atoms with van der Waals surface area (Å²) in [5, 5.41) is 8.54. The number of anilines is 5. The number of amides is 1. The van der Waals surface area contributed by atoms with Gasteiger partial charge in [0.1, 0.15) is 12.4 Å². The van der Waals surface area contributed by atoms with Gasteiger partial charge in [0.05, 0.1) is 6.20 Å². The van der Waals surface area contributed by atoms with Crippen LogP contribution in [0.2, 0.25) is 0 Å². The maximum atomic E-state index is 14.2. The van der Waals surface area contributed by atoms with Gasteiger partial charge in [0.25, 0.3) is 0 Å². The van der Waals surface area contributed by atoms with E-state index in [1.807, 2.05) is 0 Å². The van der Waals surface area contributed by atoms with E-state index in [1.165, 1.54) is 6.08 Å². The first-order chi connectivity index (χ1) is 14.6. The van der Waals surface area contributed by atoms with Crippen LogP contribution in [0.5, 0.6) is 5.75 Å². The number of rotatable bonds is 9. The largest absolute Gasteiger partial charge is 0.492 e. The van der Waals surface area contributed by atoms with Crippen molar-refractivity contribution in [2.75, 3.05) is 29.1 Å². The summed E-state index contributed by atoms with van der Waals surface area (Å²) in [6.07, 6.45) is 2.23. The van der Waals surface area contributed by atoms with Crippen molar-refractivity contribution in [3.05, 3.63) is 73.2 Å². The number of carbonyl (C=O) groups is 1. The molecule has 0 unspecified atom stereocenters. The van der Waals surface area contributed by atoms with Gasteiger partial charge < -0.3 is 26.4 Å². The molecule has 0 bridgehead atoms. The van der Waals surface area contributed by atoms with Crippen molar-refractivity contribution in [1.82, 2.24) is 9.97 Å². The highest BCUT2D eigenvalue weighted by Gasteiger charge is 2.09. The van der Waals surface area contributed by atoms with Crippen LogP contribution in [0.25, 0.3) is 0 Å². The van der Waals surface area contributed by atoms with Gasteiger partial charge in [0, 0.05) is 23.6 Å². The minimum atomic E-state index is -0.619. The Balaban J connectivity index is 1.71. The van der Waals surface area contributed by atoms with Gasteiger partial charge >= 0.3 is 0 Å². The van der Waals surface area contributed by atoms with Crippen LogP contribution in [0.3, 0.4) is 0 Å². The number of carbonyl (C=O) groups excluding carboxylic acids is 1. The fraction of sp³-hybridized carbons (Fsp3) is 0.0952. The van der Waals surface area contributed by atoms with Crippen LogP contribution in [0.15, 0.2) is 67.4 Å². The molecule has 9 heteroatoms. The normalized spacial score (nSPS) is 10.2. The molecule has 5 N–H and O–H groups in total. The number of nitrogens with two attached hydrogens (primary N) is 1. The summed E-state index contributed by atoms with van der Waals surface area (Å²) >= 11 is 0. The van der Waals surface area contributed by atoms with Crippen LogP contribution in [0, 0.1) is 5.82 Å². The summed E-state index contributed by atoms with van der Waals surface area (Å²) in [6.45, 7) is 4.27. The van der Waals surface area contributed by atoms with Gasteiger partial charge in [-0.05, 0) is 48.5 Å². The molecular formula is C21H21FN6O2. The second-order valence-corrected chi connectivity index (χ2v) is 6.08. The van der Waals surface area contributed by atoms with E-state index in [2.05, 4.69) is 32.5 Å². The molecule has 0 radical (unpaired) electrons. The zero-order chi connectivity index (χ0) is 21.3. The highest BCUT2D eigenvalue weighted by atomic mass is 19.1. The Morgan fingerprint density at radius 2 is 1.90 bits per heavy atom. The standard InChI is InChI=1S/C21H21FN6O2/c1-2-19(29)25-15-4-3-5-16(12-15)26-20-18(22)13-24-21(28-20)27-14-6-8-17(9-7-14)30-11-10-23/h2-9,12-13H,1,10-11,23H2,(H,25,29)(H2,24,26,27,28). The highest BCUT2D eigenvalue weighted by Crippen LogP contribution is 2.23. The molecule has 0 aliphatic heterocycles. The zero-order valence-corrected chi connectivity index (χ0v) is 16.1. The molecule has 3 aromatic rings. The number of hydrogen-bond acceptors (Lipinski definition) is 7. The molecule has 0 saturated heterocycles. The summed E-state index contributed by atoms with van der Waals surface area (Å²) < 4.78 is 19.6. The first kappa shape index (κ1) is 20.7. The second-order valence-electron chi connectivity index (χ2n) is 6.08. The predicted molar refractivity (Wildman–Crippen MR) is 115 cm³/mol. The number of benzene rings is 2. The van der Waals surface area contributed by atoms with Crippen molar-refractivity contribution in [3.63, 3.8) is 0 Å². The third kappa shape index (κ3) is 5.76. The first-order valence-electron chi connectivity index (χ1n) is 9.10. The van der Waals surface area contributed by atoms with Crippen molar-refractivity contribution in [2.24, 2.45) is 5.73 Å². The molecule has 0 spiro atoms. The Hall–Kier alpha value is -3.98. The van der Waals surface area contributed by atoms with E-state index in [0.29, 0.717) is 36.0 Å². The SMILES string of the molecule is C=CC(=O)Nc1cccc(Nc2nc(Nc3ccc(OCCN)cc3)ncc2F)c1. The molecule has 1 aromatic heterocycles. The third-order valence-corrected chi connectivity index (χ3v) is 3.82. The maximum Gasteiger partial charge on any atom is 0.247 e. The van der Waals surface area contributed by atoms with Crippen molar-refractivity contribution in [3.8, 4) is 5.75 Å². The molecule has 0 aliphatic carbocycles. The van der Waals surface area contributed by atoms with Gasteiger partial charge in [-0.3, -0.25) is 4.79 Å². The fourth-order valence-electron chi connectivity index (χ4n) is 2.46. The van der Waals surface area contributed by atoms with E-state index in [4.69, 9.17) is 10.5 Å². The molecule has 154 valence electrons. The highest BCUT2D eigenvalue weighted by molar-refractivity contribution is 5.99. The van der Waals surface area contributed by atoms with Crippen LogP contribution in [-0.2, 0) is 4.79 Å². The maximum absolute atomic E-state index is 14.2. The smallest absolute Gasteiger partial charge is 0.247 e. The summed E-state index contributed by atoms with van der Waals surface area (Å²) in [5.74, 6) is -0.0667. The molecular weight excluding hydrogens is 387 g/mol. The summed E-state index contributed by atoms with van der Waals surface area (Å²) in [7, 11) is 0. The number of nitrogens with one attached hydrogen (secondary N) is 3. The number of halogens is 1. The van der Waals surface area contributed by atoms with Crippen molar-refractivity contribution < 1.29 is 13.9 Å². The van der Waals surface area contributed by atoms with E-state index >= 15 is 0 Å². The number of ether oxygens (including phenoxy) is 1. The Morgan fingerprint density at radius 3 is 2.63 bits per heavy atom. The van der Waals surface area contributed by atoms with Crippen molar-refractivity contribution in [1.29, 1.82) is 0 Å². The number of aromatic nitrogens is 2. The summed E-state index contributed by atoms with van der Waals surface area (Å²) in [5.41, 5.74) is 7.20. The Bertz CT molecular complexity index is 1030. The van der Waals surface area contributed by atoms with Crippen LogP contribution in [-0.4, -0.2) is 29.0 Å². The third-order valence-electron chi connectivity index (χ3n) is 3.82. The summed E-state index contributed by atoms with van der Waals surface area (Å²) in [4.78, 5) is 19.6. The molecule has 30 heavy (non-hydrogen) atoms. The Labute approximate surface area is 173 Å². The monoisotopic (exact) mass is 408 g/mol. The minimum absolute atomic E-state index is 0.0115. The van der Waals surface area contributed by atoms with Crippen molar-refractivity contribution in [2.45, 2.75) is 0 Å². The first-order valence-corrected chi connectivity index (χ1v) is 9.10. The van der Waals surface area contributed by atoms with Gasteiger partial charge in [-0.1, -0.05) is 12.6 Å². The van der Waals surface area contributed by atoms with E-state index in [1.54, 1.807) is 48.5 Å². The van der Waals surface area contributed by atoms with Gasteiger partial charge in [-0.25, -0.2) is 9.37 Å². The molecule has 0 fully saturated rings. The molecule has 3 rings (SSSR count). The molecule has 0 atom stereocenters. The average Bonchev–Trinajstić information content (AvgIpc) is 2.76. The lowest BCUT2D eigenvalue weighted by molar-refractivity contribution is -0.111. The van der Waals surface area contributed by atoms with Gasteiger partial charge in [0.15, 0.2) is 11.6 Å². The van der Waals surface area contributed by atoms with E-state index in [0.717, 1.165) is 6.20 Å². The number of hydrogen-bond donors (Lipinski definition) is 4. The molecule has 1 amide bonds. The van der Waals surface area contributed by atoms with Crippen molar-refractivity contribution >= 4 is 34.7 Å². The minimum Gasteiger partial charge on any atom is -0.492 e. The van der Waals surface area contributed by atoms with Crippen LogP contribution in [0.4, 0.5) is 33.2 Å². The van der Waals surface area contributed by atoms with Crippen LogP contribution >= 0.6 is 0 Å². The van der Waals surface area contributed by atoms with E-state index in [-0.39, 0.29) is 17.7 Å². The number of nitrogens with zero attached hydrogens (tertiary/aromatic N) is 2. The van der Waals surface area contributed by atoms with Gasteiger partial charge in [-0.2, -0.15) is 4.98 Å². The van der Waals surface area contributed by atoms with Gasteiger partial charge in [-0.15, -0.1) is 0 Å². The van der Waals surface area contributed by atoms with Crippen LogP contribution in [0.1, 0.15) is 0 Å². The van der Waals surface area contributed by atoms with Crippen LogP contribution < -0.4 is 26.4 Å². The lowest BCUT2D eigenvalue weighted by atomic mass is 10.2. The fourth-order valence-corrected chi connectivity index (χ4v) is 2.46. The molecule has 1 heterocycles. The van der Waals surface area contributed by atoms with E-state index in [9.17, 15) is 9.18 Å². The lowest BCUT2D eigenvalue weighted by Crippen LogP contribution is -2.10. The zero-order valence-electron chi connectivity index (χ0n) is 16.1. The topological polar surface area (TPSA) is 114 Å². The van der Waals surface area contributed by atoms with E-state index < -0.39 is 5.82 Å². The quantitative estimate of drug-likeness (QED) is 0.400. The lowest BCUT2D eigenvalue weighted by Gasteiger charge is -2.11. The summed E-state index contributed by atoms with van der Waals surface area (Å²) in [6, 6.07) is 13.9. The molecule has 0 saturated carbocycles.